The average Bonchev–Trinajstić information content (AvgIpc) is 2.99. The number of aryl methyl sites for hydroxylation is 1. The summed E-state index contributed by atoms with van der Waals surface area (Å²) in [5.74, 6) is 0.577. The van der Waals surface area contributed by atoms with E-state index in [2.05, 4.69) is 20.5 Å². The van der Waals surface area contributed by atoms with Crippen LogP contribution in [-0.4, -0.2) is 38.3 Å². The number of carbonyl (C=O) groups is 1. The van der Waals surface area contributed by atoms with Crippen molar-refractivity contribution in [3.63, 3.8) is 0 Å². The second-order valence-electron chi connectivity index (χ2n) is 5.05. The maximum Gasteiger partial charge on any atom is 0.220 e. The molecule has 2 atom stereocenters. The van der Waals surface area contributed by atoms with Gasteiger partial charge in [-0.1, -0.05) is 30.3 Å². The zero-order chi connectivity index (χ0) is 15.1. The van der Waals surface area contributed by atoms with E-state index in [9.17, 15) is 9.90 Å². The molecule has 1 heterocycles. The van der Waals surface area contributed by atoms with Gasteiger partial charge in [-0.25, -0.2) is 4.98 Å². The van der Waals surface area contributed by atoms with Crippen LogP contribution in [0.4, 0.5) is 0 Å². The number of hydrogen-bond acceptors (Lipinski definition) is 4. The van der Waals surface area contributed by atoms with Crippen LogP contribution in [0, 0.1) is 0 Å². The highest BCUT2D eigenvalue weighted by atomic mass is 16.3. The summed E-state index contributed by atoms with van der Waals surface area (Å²) in [7, 11) is 0. The first-order valence-corrected chi connectivity index (χ1v) is 7.00. The second kappa shape index (κ2) is 7.54. The van der Waals surface area contributed by atoms with Gasteiger partial charge in [0.2, 0.25) is 5.91 Å². The summed E-state index contributed by atoms with van der Waals surface area (Å²) >= 11 is 0. The standard InChI is InChI=1S/C15H20N4O2/c1-11(13(20)9-12-5-3-2-4-6-12)18-15(21)8-7-14-16-10-17-19-14/h2-6,10-11,13,20H,7-9H2,1H3,(H,18,21)(H,16,17,19). The summed E-state index contributed by atoms with van der Waals surface area (Å²) in [4.78, 5) is 15.8. The molecule has 21 heavy (non-hydrogen) atoms. The number of aliphatic hydroxyl groups is 1. The lowest BCUT2D eigenvalue weighted by Gasteiger charge is -2.20. The predicted octanol–water partition coefficient (Wildman–Crippen LogP) is 0.846. The second-order valence-corrected chi connectivity index (χ2v) is 5.05. The highest BCUT2D eigenvalue weighted by Gasteiger charge is 2.17. The lowest BCUT2D eigenvalue weighted by molar-refractivity contribution is -0.122. The summed E-state index contributed by atoms with van der Waals surface area (Å²) in [5, 5.41) is 19.4. The fourth-order valence-electron chi connectivity index (χ4n) is 2.04. The summed E-state index contributed by atoms with van der Waals surface area (Å²) in [6.45, 7) is 1.81. The van der Waals surface area contributed by atoms with Crippen molar-refractivity contribution in [1.29, 1.82) is 0 Å². The molecule has 0 spiro atoms. The van der Waals surface area contributed by atoms with E-state index in [0.717, 1.165) is 5.56 Å². The summed E-state index contributed by atoms with van der Waals surface area (Å²) in [6.07, 6.45) is 2.15. The zero-order valence-corrected chi connectivity index (χ0v) is 12.0. The monoisotopic (exact) mass is 288 g/mol. The Morgan fingerprint density at radius 2 is 2.14 bits per heavy atom. The van der Waals surface area contributed by atoms with Crippen LogP contribution in [-0.2, 0) is 17.6 Å². The molecule has 6 heteroatoms. The largest absolute Gasteiger partial charge is 0.391 e. The van der Waals surface area contributed by atoms with Crippen molar-refractivity contribution in [1.82, 2.24) is 20.5 Å². The molecule has 2 unspecified atom stereocenters. The van der Waals surface area contributed by atoms with Crippen molar-refractivity contribution < 1.29 is 9.90 Å². The van der Waals surface area contributed by atoms with Gasteiger partial charge in [-0.3, -0.25) is 9.89 Å². The predicted molar refractivity (Wildman–Crippen MR) is 78.5 cm³/mol. The molecule has 3 N–H and O–H groups in total. The van der Waals surface area contributed by atoms with Crippen molar-refractivity contribution >= 4 is 5.91 Å². The van der Waals surface area contributed by atoms with Gasteiger partial charge in [-0.2, -0.15) is 5.10 Å². The maximum atomic E-state index is 11.8. The van der Waals surface area contributed by atoms with E-state index in [4.69, 9.17) is 0 Å². The first kappa shape index (κ1) is 15.2. The molecule has 0 radical (unpaired) electrons. The SMILES string of the molecule is CC(NC(=O)CCc1ncn[nH]1)C(O)Cc1ccccc1. The number of H-pyrrole nitrogens is 1. The van der Waals surface area contributed by atoms with E-state index >= 15 is 0 Å². The molecule has 0 aliphatic heterocycles. The minimum absolute atomic E-state index is 0.106. The molecule has 0 aliphatic rings. The third-order valence-electron chi connectivity index (χ3n) is 3.31. The molecule has 1 aromatic heterocycles. The van der Waals surface area contributed by atoms with Crippen molar-refractivity contribution in [3.8, 4) is 0 Å². The Bertz CT molecular complexity index is 542. The molecule has 0 saturated carbocycles. The van der Waals surface area contributed by atoms with E-state index in [1.807, 2.05) is 30.3 Å². The van der Waals surface area contributed by atoms with E-state index < -0.39 is 6.10 Å². The van der Waals surface area contributed by atoms with E-state index in [1.54, 1.807) is 6.92 Å². The number of rotatable bonds is 7. The number of aliphatic hydroxyl groups excluding tert-OH is 1. The van der Waals surface area contributed by atoms with Crippen LogP contribution in [0.15, 0.2) is 36.7 Å². The Morgan fingerprint density at radius 1 is 1.38 bits per heavy atom. The van der Waals surface area contributed by atoms with E-state index in [-0.39, 0.29) is 11.9 Å². The fourth-order valence-corrected chi connectivity index (χ4v) is 2.04. The Hall–Kier alpha value is -2.21. The minimum Gasteiger partial charge on any atom is -0.391 e. The van der Waals surface area contributed by atoms with Crippen molar-refractivity contribution in [3.05, 3.63) is 48.0 Å². The van der Waals surface area contributed by atoms with Crippen LogP contribution < -0.4 is 5.32 Å². The summed E-state index contributed by atoms with van der Waals surface area (Å²) in [6, 6.07) is 9.42. The van der Waals surface area contributed by atoms with Crippen LogP contribution in [0.1, 0.15) is 24.7 Å². The van der Waals surface area contributed by atoms with Crippen molar-refractivity contribution in [2.75, 3.05) is 0 Å². The number of nitrogens with zero attached hydrogens (tertiary/aromatic N) is 2. The molecule has 112 valence electrons. The Labute approximate surface area is 123 Å². The van der Waals surface area contributed by atoms with Gasteiger partial charge >= 0.3 is 0 Å². The van der Waals surface area contributed by atoms with E-state index in [0.29, 0.717) is 25.1 Å². The van der Waals surface area contributed by atoms with Crippen molar-refractivity contribution in [2.24, 2.45) is 0 Å². The topological polar surface area (TPSA) is 90.9 Å². The van der Waals surface area contributed by atoms with Gasteiger partial charge in [0.05, 0.1) is 12.1 Å². The smallest absolute Gasteiger partial charge is 0.220 e. The van der Waals surface area contributed by atoms with Gasteiger partial charge in [0.25, 0.3) is 0 Å². The quantitative estimate of drug-likeness (QED) is 0.704. The van der Waals surface area contributed by atoms with Crippen LogP contribution in [0.5, 0.6) is 0 Å². The highest BCUT2D eigenvalue weighted by Crippen LogP contribution is 2.06. The molecule has 6 nitrogen and oxygen atoms in total. The fraction of sp³-hybridized carbons (Fsp3) is 0.400. The Balaban J connectivity index is 1.74. The Kier molecular flexibility index (Phi) is 5.45. The number of nitrogens with one attached hydrogen (secondary N) is 2. The third-order valence-corrected chi connectivity index (χ3v) is 3.31. The molecular formula is C15H20N4O2. The lowest BCUT2D eigenvalue weighted by atomic mass is 10.0. The van der Waals surface area contributed by atoms with Gasteiger partial charge in [-0.15, -0.1) is 0 Å². The molecule has 2 aromatic rings. The molecule has 0 saturated heterocycles. The number of aromatic nitrogens is 3. The van der Waals surface area contributed by atoms with Crippen molar-refractivity contribution in [2.45, 2.75) is 38.3 Å². The summed E-state index contributed by atoms with van der Waals surface area (Å²) < 4.78 is 0. The molecule has 1 aromatic carbocycles. The molecule has 0 aliphatic carbocycles. The average molecular weight is 288 g/mol. The van der Waals surface area contributed by atoms with Crippen LogP contribution in [0.3, 0.4) is 0 Å². The first-order valence-electron chi connectivity index (χ1n) is 7.00. The van der Waals surface area contributed by atoms with Gasteiger partial charge in [0, 0.05) is 19.3 Å². The van der Waals surface area contributed by atoms with Crippen LogP contribution in [0.25, 0.3) is 0 Å². The number of carbonyl (C=O) groups excluding carboxylic acids is 1. The van der Waals surface area contributed by atoms with Gasteiger partial charge in [0.15, 0.2) is 0 Å². The molecule has 0 fully saturated rings. The normalized spacial score (nSPS) is 13.6. The van der Waals surface area contributed by atoms with Gasteiger partial charge in [-0.05, 0) is 12.5 Å². The number of aromatic amines is 1. The lowest BCUT2D eigenvalue weighted by Crippen LogP contribution is -2.42. The van der Waals surface area contributed by atoms with Crippen LogP contribution >= 0.6 is 0 Å². The van der Waals surface area contributed by atoms with Crippen LogP contribution in [0.2, 0.25) is 0 Å². The first-order chi connectivity index (χ1) is 10.1. The summed E-state index contributed by atoms with van der Waals surface area (Å²) in [5.41, 5.74) is 1.05. The molecule has 2 rings (SSSR count). The number of benzene rings is 1. The van der Waals surface area contributed by atoms with Gasteiger partial charge < -0.3 is 10.4 Å². The third kappa shape index (κ3) is 5.00. The molecule has 1 amide bonds. The number of amides is 1. The molecule has 0 bridgehead atoms. The molecular weight excluding hydrogens is 268 g/mol. The Morgan fingerprint density at radius 3 is 2.81 bits per heavy atom. The number of hydrogen-bond donors (Lipinski definition) is 3. The van der Waals surface area contributed by atoms with E-state index in [1.165, 1.54) is 6.33 Å². The maximum absolute atomic E-state index is 11.8. The highest BCUT2D eigenvalue weighted by molar-refractivity contribution is 5.76. The minimum atomic E-state index is -0.610. The zero-order valence-electron chi connectivity index (χ0n) is 12.0. The van der Waals surface area contributed by atoms with Gasteiger partial charge in [0.1, 0.15) is 12.2 Å².